The minimum atomic E-state index is -0.665. The lowest BCUT2D eigenvalue weighted by molar-refractivity contribution is -0.127. The zero-order valence-corrected chi connectivity index (χ0v) is 12.9. The molecule has 122 valence electrons. The molecule has 0 saturated heterocycles. The number of hydrogen-bond acceptors (Lipinski definition) is 3. The molecule has 0 spiro atoms. The maximum absolute atomic E-state index is 13.7. The normalized spacial score (nSPS) is 16.0. The second kappa shape index (κ2) is 5.96. The molecular weight excluding hydrogens is 309 g/mol. The van der Waals surface area contributed by atoms with Crippen molar-refractivity contribution in [2.24, 2.45) is 0 Å². The summed E-state index contributed by atoms with van der Waals surface area (Å²) in [6.07, 6.45) is 3.93. The van der Waals surface area contributed by atoms with E-state index < -0.39 is 6.10 Å². The summed E-state index contributed by atoms with van der Waals surface area (Å²) in [5.41, 5.74) is 2.41. The standard InChI is InChI=1S/C18H16FN3O2/c19-14-4-1-5-15-13(14)9-16(24-15)18(23)21-8-6-11-10-22-17-12(11)3-2-7-20-17/h1-5,7,10,16H,6,8-9H2,(H,20,22)(H,21,23). The van der Waals surface area contributed by atoms with Gasteiger partial charge in [0, 0.05) is 36.3 Å². The summed E-state index contributed by atoms with van der Waals surface area (Å²) in [4.78, 5) is 19.6. The van der Waals surface area contributed by atoms with Crippen LogP contribution in [0.2, 0.25) is 0 Å². The van der Waals surface area contributed by atoms with Crippen LogP contribution in [0.1, 0.15) is 11.1 Å². The third-order valence-corrected chi connectivity index (χ3v) is 4.26. The first-order valence-electron chi connectivity index (χ1n) is 7.85. The van der Waals surface area contributed by atoms with Crippen molar-refractivity contribution in [1.82, 2.24) is 15.3 Å². The first kappa shape index (κ1) is 14.7. The van der Waals surface area contributed by atoms with E-state index in [0.29, 0.717) is 24.3 Å². The zero-order chi connectivity index (χ0) is 16.5. The molecule has 1 atom stereocenters. The van der Waals surface area contributed by atoms with Crippen LogP contribution in [-0.4, -0.2) is 28.5 Å². The van der Waals surface area contributed by atoms with E-state index >= 15 is 0 Å². The van der Waals surface area contributed by atoms with E-state index in [9.17, 15) is 9.18 Å². The maximum atomic E-state index is 13.7. The van der Waals surface area contributed by atoms with E-state index in [0.717, 1.165) is 16.6 Å². The van der Waals surface area contributed by atoms with Crippen LogP contribution in [0, 0.1) is 5.82 Å². The number of rotatable bonds is 4. The molecule has 0 fully saturated rings. The van der Waals surface area contributed by atoms with Crippen molar-refractivity contribution >= 4 is 16.9 Å². The lowest BCUT2D eigenvalue weighted by Crippen LogP contribution is -2.38. The van der Waals surface area contributed by atoms with E-state index in [1.54, 1.807) is 18.3 Å². The summed E-state index contributed by atoms with van der Waals surface area (Å²) in [5.74, 6) is -0.0875. The van der Waals surface area contributed by atoms with Gasteiger partial charge in [0.25, 0.3) is 5.91 Å². The Kier molecular flexibility index (Phi) is 3.65. The SMILES string of the molecule is O=C(NCCc1c[nH]c2ncccc12)C1Cc2c(F)cccc2O1. The van der Waals surface area contributed by atoms with E-state index in [4.69, 9.17) is 4.74 Å². The number of benzene rings is 1. The van der Waals surface area contributed by atoms with Gasteiger partial charge in [0.1, 0.15) is 17.2 Å². The zero-order valence-electron chi connectivity index (χ0n) is 12.9. The predicted molar refractivity (Wildman–Crippen MR) is 87.3 cm³/mol. The van der Waals surface area contributed by atoms with Gasteiger partial charge in [-0.1, -0.05) is 6.07 Å². The van der Waals surface area contributed by atoms with Crippen LogP contribution in [0.15, 0.2) is 42.7 Å². The topological polar surface area (TPSA) is 67.0 Å². The number of halogens is 1. The molecule has 0 aliphatic carbocycles. The third kappa shape index (κ3) is 2.60. The fourth-order valence-electron chi connectivity index (χ4n) is 3.03. The predicted octanol–water partition coefficient (Wildman–Crippen LogP) is 2.36. The Labute approximate surface area is 137 Å². The van der Waals surface area contributed by atoms with Crippen LogP contribution in [0.25, 0.3) is 11.0 Å². The summed E-state index contributed by atoms with van der Waals surface area (Å²) in [6.45, 7) is 0.485. The molecule has 0 radical (unpaired) electrons. The highest BCUT2D eigenvalue weighted by atomic mass is 19.1. The fourth-order valence-corrected chi connectivity index (χ4v) is 3.03. The van der Waals surface area contributed by atoms with Gasteiger partial charge in [0.05, 0.1) is 0 Å². The Morgan fingerprint density at radius 3 is 3.17 bits per heavy atom. The van der Waals surface area contributed by atoms with E-state index in [-0.39, 0.29) is 18.1 Å². The molecule has 0 saturated carbocycles. The quantitative estimate of drug-likeness (QED) is 0.774. The van der Waals surface area contributed by atoms with Crippen molar-refractivity contribution < 1.29 is 13.9 Å². The first-order valence-corrected chi connectivity index (χ1v) is 7.85. The molecule has 0 bridgehead atoms. The lowest BCUT2D eigenvalue weighted by atomic mass is 10.1. The molecule has 1 amide bonds. The van der Waals surface area contributed by atoms with Gasteiger partial charge in [-0.25, -0.2) is 9.37 Å². The van der Waals surface area contributed by atoms with Crippen molar-refractivity contribution in [2.75, 3.05) is 6.54 Å². The van der Waals surface area contributed by atoms with Crippen molar-refractivity contribution in [1.29, 1.82) is 0 Å². The van der Waals surface area contributed by atoms with Gasteiger partial charge in [-0.05, 0) is 36.2 Å². The molecule has 1 aromatic carbocycles. The first-order chi connectivity index (χ1) is 11.7. The maximum Gasteiger partial charge on any atom is 0.261 e. The molecule has 24 heavy (non-hydrogen) atoms. The number of fused-ring (bicyclic) bond motifs is 2. The summed E-state index contributed by atoms with van der Waals surface area (Å²) >= 11 is 0. The number of ether oxygens (including phenoxy) is 1. The van der Waals surface area contributed by atoms with Crippen molar-refractivity contribution in [2.45, 2.75) is 18.9 Å². The van der Waals surface area contributed by atoms with E-state index in [1.807, 2.05) is 18.3 Å². The number of nitrogens with zero attached hydrogens (tertiary/aromatic N) is 1. The summed E-state index contributed by atoms with van der Waals surface area (Å²) in [7, 11) is 0. The van der Waals surface area contributed by atoms with E-state index in [1.165, 1.54) is 6.07 Å². The average Bonchev–Trinajstić information content (AvgIpc) is 3.20. The van der Waals surface area contributed by atoms with Crippen LogP contribution >= 0.6 is 0 Å². The highest BCUT2D eigenvalue weighted by Gasteiger charge is 2.30. The number of hydrogen-bond donors (Lipinski definition) is 2. The van der Waals surface area contributed by atoms with E-state index in [2.05, 4.69) is 15.3 Å². The van der Waals surface area contributed by atoms with Crippen molar-refractivity contribution in [3.63, 3.8) is 0 Å². The van der Waals surface area contributed by atoms with Gasteiger partial charge in [-0.3, -0.25) is 4.79 Å². The Bertz CT molecular complexity index is 906. The lowest BCUT2D eigenvalue weighted by Gasteiger charge is -2.11. The van der Waals surface area contributed by atoms with Crippen LogP contribution in [-0.2, 0) is 17.6 Å². The Morgan fingerprint density at radius 1 is 1.38 bits per heavy atom. The second-order valence-corrected chi connectivity index (χ2v) is 5.78. The molecule has 2 aromatic heterocycles. The van der Waals surface area contributed by atoms with Crippen LogP contribution < -0.4 is 10.1 Å². The average molecular weight is 325 g/mol. The van der Waals surface area contributed by atoms with Crippen LogP contribution in [0.3, 0.4) is 0 Å². The third-order valence-electron chi connectivity index (χ3n) is 4.26. The molecule has 6 heteroatoms. The fraction of sp³-hybridized carbons (Fsp3) is 0.222. The Hall–Kier alpha value is -2.89. The van der Waals surface area contributed by atoms with Crippen molar-refractivity contribution in [3.05, 3.63) is 59.7 Å². The Balaban J connectivity index is 1.36. The highest BCUT2D eigenvalue weighted by molar-refractivity contribution is 5.83. The smallest absolute Gasteiger partial charge is 0.261 e. The number of H-pyrrole nitrogens is 1. The minimum Gasteiger partial charge on any atom is -0.480 e. The van der Waals surface area contributed by atoms with Crippen LogP contribution in [0.4, 0.5) is 4.39 Å². The number of pyridine rings is 1. The van der Waals surface area contributed by atoms with Gasteiger partial charge in [0.2, 0.25) is 0 Å². The summed E-state index contributed by atoms with van der Waals surface area (Å²) < 4.78 is 19.2. The second-order valence-electron chi connectivity index (χ2n) is 5.78. The van der Waals surface area contributed by atoms with Crippen LogP contribution in [0.5, 0.6) is 5.75 Å². The molecule has 5 nitrogen and oxygen atoms in total. The summed E-state index contributed by atoms with van der Waals surface area (Å²) in [5, 5.41) is 3.92. The number of amides is 1. The Morgan fingerprint density at radius 2 is 2.29 bits per heavy atom. The largest absolute Gasteiger partial charge is 0.480 e. The van der Waals surface area contributed by atoms with Gasteiger partial charge < -0.3 is 15.0 Å². The number of carbonyl (C=O) groups is 1. The van der Waals surface area contributed by atoms with Crippen molar-refractivity contribution in [3.8, 4) is 5.75 Å². The number of nitrogens with one attached hydrogen (secondary N) is 2. The number of carbonyl (C=O) groups excluding carboxylic acids is 1. The molecule has 1 unspecified atom stereocenters. The van der Waals surface area contributed by atoms with Gasteiger partial charge in [-0.2, -0.15) is 0 Å². The molecular formula is C18H16FN3O2. The van der Waals surface area contributed by atoms with Gasteiger partial charge in [-0.15, -0.1) is 0 Å². The molecule has 3 heterocycles. The summed E-state index contributed by atoms with van der Waals surface area (Å²) in [6, 6.07) is 8.53. The molecule has 4 rings (SSSR count). The molecule has 3 aromatic rings. The van der Waals surface area contributed by atoms with Gasteiger partial charge >= 0.3 is 0 Å². The minimum absolute atomic E-state index is 0.219. The molecule has 1 aliphatic heterocycles. The van der Waals surface area contributed by atoms with Gasteiger partial charge in [0.15, 0.2) is 6.10 Å². The molecule has 2 N–H and O–H groups in total. The highest BCUT2D eigenvalue weighted by Crippen LogP contribution is 2.30. The number of aromatic nitrogens is 2. The monoisotopic (exact) mass is 325 g/mol. The number of aromatic amines is 1. The molecule has 1 aliphatic rings.